The second-order valence-electron chi connectivity index (χ2n) is 7.03. The molecule has 1 fully saturated rings. The van der Waals surface area contributed by atoms with Crippen molar-refractivity contribution in [2.24, 2.45) is 5.73 Å². The maximum Gasteiger partial charge on any atom is 0.326 e. The Kier molecular flexibility index (Phi) is 9.62. The second-order valence-corrected chi connectivity index (χ2v) is 7.03. The number of aliphatic carboxylic acids is 2. The van der Waals surface area contributed by atoms with Gasteiger partial charge in [-0.25, -0.2) is 4.79 Å². The van der Waals surface area contributed by atoms with Crippen LogP contribution in [0.25, 0.3) is 0 Å². The first-order valence-electron chi connectivity index (χ1n) is 9.39. The number of carboxylic acids is 2. The summed E-state index contributed by atoms with van der Waals surface area (Å²) < 4.78 is 0. The van der Waals surface area contributed by atoms with Crippen LogP contribution in [0, 0.1) is 0 Å². The molecule has 5 unspecified atom stereocenters. The number of carbonyl (C=O) groups is 5. The highest BCUT2D eigenvalue weighted by molar-refractivity contribution is 5.94. The molecule has 30 heavy (non-hydrogen) atoms. The molecule has 0 aromatic rings. The van der Waals surface area contributed by atoms with E-state index in [4.69, 9.17) is 15.9 Å². The summed E-state index contributed by atoms with van der Waals surface area (Å²) in [6.07, 6.45) is -1.25. The molecule has 13 heteroatoms. The molecule has 8 N–H and O–H groups in total. The monoisotopic (exact) mass is 432 g/mol. The third-order valence-corrected chi connectivity index (χ3v) is 4.72. The largest absolute Gasteiger partial charge is 0.481 e. The number of nitrogens with two attached hydrogens (primary N) is 1. The van der Waals surface area contributed by atoms with Gasteiger partial charge in [-0.2, -0.15) is 0 Å². The second kappa shape index (κ2) is 11.4. The van der Waals surface area contributed by atoms with Crippen molar-refractivity contribution in [1.29, 1.82) is 0 Å². The molecule has 1 rings (SSSR count). The van der Waals surface area contributed by atoms with Gasteiger partial charge in [0, 0.05) is 13.0 Å². The predicted octanol–water partition coefficient (Wildman–Crippen LogP) is -3.40. The number of hydrogen-bond acceptors (Lipinski definition) is 8. The third-order valence-electron chi connectivity index (χ3n) is 4.72. The van der Waals surface area contributed by atoms with Gasteiger partial charge in [0.15, 0.2) is 0 Å². The first-order chi connectivity index (χ1) is 14.0. The van der Waals surface area contributed by atoms with E-state index in [1.54, 1.807) is 0 Å². The third kappa shape index (κ3) is 6.93. The molecule has 5 atom stereocenters. The lowest BCUT2D eigenvalue weighted by Gasteiger charge is -2.29. The number of aliphatic hydroxyl groups excluding tert-OH is 2. The zero-order chi connectivity index (χ0) is 23.0. The summed E-state index contributed by atoms with van der Waals surface area (Å²) in [7, 11) is 0. The Labute approximate surface area is 172 Å². The Morgan fingerprint density at radius 1 is 1.13 bits per heavy atom. The van der Waals surface area contributed by atoms with E-state index in [1.165, 1.54) is 11.8 Å². The molecule has 170 valence electrons. The molecule has 3 amide bonds. The van der Waals surface area contributed by atoms with E-state index in [-0.39, 0.29) is 19.4 Å². The van der Waals surface area contributed by atoms with Gasteiger partial charge in [-0.05, 0) is 26.2 Å². The van der Waals surface area contributed by atoms with Gasteiger partial charge in [-0.1, -0.05) is 0 Å². The Morgan fingerprint density at radius 3 is 2.27 bits per heavy atom. The molecule has 0 spiro atoms. The van der Waals surface area contributed by atoms with Crippen molar-refractivity contribution in [2.45, 2.75) is 62.9 Å². The molecule has 1 aliphatic heterocycles. The minimum absolute atomic E-state index is 0.226. The molecular formula is C17H28N4O9. The van der Waals surface area contributed by atoms with Crippen LogP contribution in [-0.4, -0.2) is 98.4 Å². The summed E-state index contributed by atoms with van der Waals surface area (Å²) in [5, 5.41) is 41.0. The highest BCUT2D eigenvalue weighted by Gasteiger charge is 2.38. The lowest BCUT2D eigenvalue weighted by atomic mass is 10.1. The van der Waals surface area contributed by atoms with Gasteiger partial charge >= 0.3 is 11.9 Å². The van der Waals surface area contributed by atoms with Gasteiger partial charge in [-0.15, -0.1) is 0 Å². The molecule has 0 saturated carbocycles. The van der Waals surface area contributed by atoms with Gasteiger partial charge in [0.1, 0.15) is 24.2 Å². The Balaban J connectivity index is 2.78. The van der Waals surface area contributed by atoms with E-state index < -0.39 is 73.0 Å². The number of nitrogens with zero attached hydrogens (tertiary/aromatic N) is 1. The number of carboxylic acid groups (broad SMARTS) is 2. The van der Waals surface area contributed by atoms with Crippen LogP contribution in [0.1, 0.15) is 32.6 Å². The molecule has 1 heterocycles. The van der Waals surface area contributed by atoms with Crippen LogP contribution in [-0.2, 0) is 24.0 Å². The molecule has 13 nitrogen and oxygen atoms in total. The molecule has 0 radical (unpaired) electrons. The summed E-state index contributed by atoms with van der Waals surface area (Å²) in [4.78, 5) is 60.2. The van der Waals surface area contributed by atoms with Crippen molar-refractivity contribution in [1.82, 2.24) is 15.5 Å². The van der Waals surface area contributed by atoms with Gasteiger partial charge in [-0.3, -0.25) is 19.2 Å². The molecule has 0 bridgehead atoms. The van der Waals surface area contributed by atoms with E-state index in [1.807, 2.05) is 0 Å². The van der Waals surface area contributed by atoms with Gasteiger partial charge in [0.2, 0.25) is 17.7 Å². The number of likely N-dealkylation sites (tertiary alicyclic amines) is 1. The molecule has 0 aromatic carbocycles. The normalized spacial score (nSPS) is 20.0. The van der Waals surface area contributed by atoms with Crippen LogP contribution in [0.2, 0.25) is 0 Å². The van der Waals surface area contributed by atoms with E-state index in [0.29, 0.717) is 6.42 Å². The van der Waals surface area contributed by atoms with E-state index in [2.05, 4.69) is 10.6 Å². The van der Waals surface area contributed by atoms with E-state index in [9.17, 15) is 34.2 Å². The lowest BCUT2D eigenvalue weighted by Crippen LogP contribution is -2.58. The van der Waals surface area contributed by atoms with Crippen molar-refractivity contribution in [3.63, 3.8) is 0 Å². The number of aliphatic hydroxyl groups is 2. The fourth-order valence-corrected chi connectivity index (χ4v) is 2.96. The van der Waals surface area contributed by atoms with Crippen molar-refractivity contribution < 1.29 is 44.4 Å². The van der Waals surface area contributed by atoms with Crippen LogP contribution in [0.5, 0.6) is 0 Å². The maximum absolute atomic E-state index is 12.6. The van der Waals surface area contributed by atoms with E-state index in [0.717, 1.165) is 0 Å². The SMILES string of the molecule is CC(O)C(N)C(=O)N1CCCC1C(=O)NC(CO)C(=O)NC(CCC(=O)O)C(=O)O. The van der Waals surface area contributed by atoms with Crippen LogP contribution >= 0.6 is 0 Å². The summed E-state index contributed by atoms with van der Waals surface area (Å²) in [6, 6.07) is -5.22. The quantitative estimate of drug-likeness (QED) is 0.171. The van der Waals surface area contributed by atoms with Crippen LogP contribution in [0.4, 0.5) is 0 Å². The molecule has 0 aliphatic carbocycles. The maximum atomic E-state index is 12.6. The van der Waals surface area contributed by atoms with Crippen molar-refractivity contribution >= 4 is 29.7 Å². The van der Waals surface area contributed by atoms with Crippen molar-refractivity contribution in [2.75, 3.05) is 13.2 Å². The molecule has 1 saturated heterocycles. The highest BCUT2D eigenvalue weighted by Crippen LogP contribution is 2.19. The standard InChI is InChI=1S/C17H28N4O9/c1-8(23)13(18)16(28)21-6-2-3-11(21)15(27)20-10(7-22)14(26)19-9(17(29)30)4-5-12(24)25/h8-11,13,22-23H,2-7,18H2,1H3,(H,19,26)(H,20,27)(H,24,25)(H,29,30). The molecule has 0 aromatic heterocycles. The lowest BCUT2D eigenvalue weighted by molar-refractivity contribution is -0.144. The Hall–Kier alpha value is -2.77. The fourth-order valence-electron chi connectivity index (χ4n) is 2.96. The minimum Gasteiger partial charge on any atom is -0.481 e. The van der Waals surface area contributed by atoms with Crippen LogP contribution in [0.15, 0.2) is 0 Å². The summed E-state index contributed by atoms with van der Waals surface area (Å²) in [6.45, 7) is 0.712. The Bertz CT molecular complexity index is 670. The van der Waals surface area contributed by atoms with Gasteiger partial charge in [0.05, 0.1) is 12.7 Å². The number of nitrogens with one attached hydrogen (secondary N) is 2. The zero-order valence-electron chi connectivity index (χ0n) is 16.5. The minimum atomic E-state index is -1.52. The fraction of sp³-hybridized carbons (Fsp3) is 0.706. The van der Waals surface area contributed by atoms with Crippen LogP contribution < -0.4 is 16.4 Å². The smallest absolute Gasteiger partial charge is 0.326 e. The predicted molar refractivity (Wildman–Crippen MR) is 99.8 cm³/mol. The average molecular weight is 432 g/mol. The highest BCUT2D eigenvalue weighted by atomic mass is 16.4. The molecular weight excluding hydrogens is 404 g/mol. The summed E-state index contributed by atoms with van der Waals surface area (Å²) >= 11 is 0. The Morgan fingerprint density at radius 2 is 1.77 bits per heavy atom. The average Bonchev–Trinajstić information content (AvgIpc) is 3.17. The topological polar surface area (TPSA) is 220 Å². The number of amides is 3. The zero-order valence-corrected chi connectivity index (χ0v) is 16.5. The van der Waals surface area contributed by atoms with Crippen molar-refractivity contribution in [3.05, 3.63) is 0 Å². The van der Waals surface area contributed by atoms with Crippen molar-refractivity contribution in [3.8, 4) is 0 Å². The van der Waals surface area contributed by atoms with Gasteiger partial charge < -0.3 is 41.7 Å². The van der Waals surface area contributed by atoms with Crippen LogP contribution in [0.3, 0.4) is 0 Å². The first kappa shape index (κ1) is 25.3. The summed E-state index contributed by atoms with van der Waals surface area (Å²) in [5.74, 6) is -5.10. The van der Waals surface area contributed by atoms with E-state index >= 15 is 0 Å². The number of hydrogen-bond donors (Lipinski definition) is 7. The van der Waals surface area contributed by atoms with Gasteiger partial charge in [0.25, 0.3) is 0 Å². The molecule has 1 aliphatic rings. The summed E-state index contributed by atoms with van der Waals surface area (Å²) in [5.41, 5.74) is 5.64. The number of rotatable bonds is 11. The number of carbonyl (C=O) groups excluding carboxylic acids is 3. The first-order valence-corrected chi connectivity index (χ1v) is 9.39.